The van der Waals surface area contributed by atoms with E-state index in [0.717, 1.165) is 11.3 Å². The van der Waals surface area contributed by atoms with Crippen LogP contribution in [0.4, 0.5) is 11.7 Å². The van der Waals surface area contributed by atoms with Gasteiger partial charge in [-0.05, 0) is 73.4 Å². The number of rotatable bonds is 8. The van der Waals surface area contributed by atoms with Crippen molar-refractivity contribution < 1.29 is 33.7 Å². The number of anilines is 2. The van der Waals surface area contributed by atoms with Crippen molar-refractivity contribution in [1.29, 1.82) is 0 Å². The van der Waals surface area contributed by atoms with E-state index >= 15 is 0 Å². The van der Waals surface area contributed by atoms with E-state index in [9.17, 15) is 19.8 Å². The molecule has 1 aliphatic heterocycles. The lowest BCUT2D eigenvalue weighted by atomic mass is 10.1. The number of esters is 1. The number of fused-ring (bicyclic) bond motifs is 1. The average molecular weight is 532 g/mol. The van der Waals surface area contributed by atoms with Crippen molar-refractivity contribution in [2.45, 2.75) is 38.2 Å². The molecule has 0 spiro atoms. The molecule has 1 aromatic heterocycles. The zero-order valence-electron chi connectivity index (χ0n) is 21.6. The van der Waals surface area contributed by atoms with Gasteiger partial charge in [0, 0.05) is 12.2 Å². The Kier molecular flexibility index (Phi) is 7.23. The predicted octanol–water partition coefficient (Wildman–Crippen LogP) is 3.92. The van der Waals surface area contributed by atoms with E-state index in [1.54, 1.807) is 18.2 Å². The van der Waals surface area contributed by atoms with Gasteiger partial charge in [-0.25, -0.2) is 4.79 Å². The molecule has 39 heavy (non-hydrogen) atoms. The van der Waals surface area contributed by atoms with Gasteiger partial charge in [-0.2, -0.15) is 4.98 Å². The highest BCUT2D eigenvalue weighted by atomic mass is 16.8. The van der Waals surface area contributed by atoms with Gasteiger partial charge in [-0.1, -0.05) is 24.3 Å². The van der Waals surface area contributed by atoms with Gasteiger partial charge in [0.1, 0.15) is 17.3 Å². The van der Waals surface area contributed by atoms with Gasteiger partial charge in [-0.15, -0.1) is 0 Å². The lowest BCUT2D eigenvalue weighted by molar-refractivity contribution is -0.318. The molecule has 0 radical (unpaired) electrons. The number of carbonyl (C=O) groups excluding carboxylic acids is 2. The molecule has 1 aliphatic rings. The Morgan fingerprint density at radius 3 is 2.64 bits per heavy atom. The summed E-state index contributed by atoms with van der Waals surface area (Å²) >= 11 is 0. The summed E-state index contributed by atoms with van der Waals surface area (Å²) in [5.41, 5.74) is 4.13. The maximum absolute atomic E-state index is 13.2. The standard InChI is InChI=1S/C29H29N3O7/c1-18-6-3-4-7-22(18)30-28-31-23-14-9-19(16-24(23)38-28)17-26(33)32-15-5-8-25(32)29(35,36)39-21-12-10-20(11-13-21)27(34)37-2/h3-4,6-7,9-14,16,25,35-36H,5,8,15,17H2,1-2H3,(H,30,31)/t25-/m1/s1. The number of methoxy groups -OCH3 is 1. The van der Waals surface area contributed by atoms with Crippen LogP contribution >= 0.6 is 0 Å². The zero-order chi connectivity index (χ0) is 27.6. The molecule has 2 heterocycles. The third kappa shape index (κ3) is 5.71. The summed E-state index contributed by atoms with van der Waals surface area (Å²) in [4.78, 5) is 30.8. The van der Waals surface area contributed by atoms with E-state index in [0.29, 0.717) is 47.6 Å². The Bertz CT molecular complexity index is 1500. The molecule has 0 bridgehead atoms. The number of aromatic nitrogens is 1. The van der Waals surface area contributed by atoms with Gasteiger partial charge >= 0.3 is 11.9 Å². The molecule has 10 nitrogen and oxygen atoms in total. The second kappa shape index (κ2) is 10.8. The fraction of sp³-hybridized carbons (Fsp3) is 0.276. The third-order valence-electron chi connectivity index (χ3n) is 6.75. The second-order valence-electron chi connectivity index (χ2n) is 9.46. The maximum atomic E-state index is 13.2. The summed E-state index contributed by atoms with van der Waals surface area (Å²) in [6, 6.07) is 18.3. The van der Waals surface area contributed by atoms with Crippen LogP contribution in [0, 0.1) is 6.92 Å². The van der Waals surface area contributed by atoms with Crippen LogP contribution in [0.2, 0.25) is 0 Å². The first-order valence-corrected chi connectivity index (χ1v) is 12.6. The molecule has 10 heteroatoms. The Labute approximate surface area is 224 Å². The molecule has 3 aromatic carbocycles. The number of oxazole rings is 1. The highest BCUT2D eigenvalue weighted by Gasteiger charge is 2.46. The van der Waals surface area contributed by atoms with Crippen LogP contribution in [0.5, 0.6) is 5.75 Å². The summed E-state index contributed by atoms with van der Waals surface area (Å²) in [6.45, 7) is 2.35. The topological polar surface area (TPSA) is 134 Å². The van der Waals surface area contributed by atoms with Crippen molar-refractivity contribution >= 4 is 34.7 Å². The summed E-state index contributed by atoms with van der Waals surface area (Å²) < 4.78 is 16.0. The minimum Gasteiger partial charge on any atom is -0.465 e. The predicted molar refractivity (Wildman–Crippen MR) is 142 cm³/mol. The van der Waals surface area contributed by atoms with Crippen LogP contribution < -0.4 is 10.1 Å². The largest absolute Gasteiger partial charge is 0.465 e. The number of hydrogen-bond acceptors (Lipinski definition) is 9. The summed E-state index contributed by atoms with van der Waals surface area (Å²) in [5, 5.41) is 24.7. The molecule has 0 saturated carbocycles. The number of ether oxygens (including phenoxy) is 2. The van der Waals surface area contributed by atoms with E-state index in [-0.39, 0.29) is 18.1 Å². The number of likely N-dealkylation sites (tertiary alicyclic amines) is 1. The summed E-state index contributed by atoms with van der Waals surface area (Å²) in [5.74, 6) is -3.27. The highest BCUT2D eigenvalue weighted by Crippen LogP contribution is 2.30. The SMILES string of the molecule is COC(=O)c1ccc(OC(O)(O)[C@H]2CCCN2C(=O)Cc2ccc3nc(Nc4ccccc4C)oc3c2)cc1. The first kappa shape index (κ1) is 26.2. The molecule has 1 amide bonds. The molecule has 0 aliphatic carbocycles. The van der Waals surface area contributed by atoms with E-state index in [4.69, 9.17) is 9.15 Å². The third-order valence-corrected chi connectivity index (χ3v) is 6.75. The molecule has 3 N–H and O–H groups in total. The van der Waals surface area contributed by atoms with Gasteiger partial charge in [0.05, 0.1) is 19.1 Å². The summed E-state index contributed by atoms with van der Waals surface area (Å²) in [7, 11) is 1.27. The Morgan fingerprint density at radius 2 is 1.90 bits per heavy atom. The number of nitrogens with one attached hydrogen (secondary N) is 1. The van der Waals surface area contributed by atoms with Crippen LogP contribution in [0.1, 0.15) is 34.3 Å². The molecule has 1 fully saturated rings. The first-order chi connectivity index (χ1) is 18.7. The average Bonchev–Trinajstić information content (AvgIpc) is 3.57. The van der Waals surface area contributed by atoms with Gasteiger partial charge in [-0.3, -0.25) is 4.79 Å². The monoisotopic (exact) mass is 531 g/mol. The molecule has 0 unspecified atom stereocenters. The van der Waals surface area contributed by atoms with Crippen LogP contribution in [-0.2, 0) is 16.0 Å². The normalized spacial score (nSPS) is 15.4. The van der Waals surface area contributed by atoms with Crippen LogP contribution in [0.15, 0.2) is 71.1 Å². The number of nitrogens with zero attached hydrogens (tertiary/aromatic N) is 2. The number of carbonyl (C=O) groups is 2. The van der Waals surface area contributed by atoms with Crippen molar-refractivity contribution in [3.8, 4) is 5.75 Å². The molecule has 1 atom stereocenters. The number of aliphatic hydroxyl groups is 2. The molecule has 5 rings (SSSR count). The zero-order valence-corrected chi connectivity index (χ0v) is 21.6. The molecule has 4 aromatic rings. The number of hydrogen-bond donors (Lipinski definition) is 3. The van der Waals surface area contributed by atoms with Crippen molar-refractivity contribution in [1.82, 2.24) is 9.88 Å². The Morgan fingerprint density at radius 1 is 1.13 bits per heavy atom. The molecular formula is C29H29N3O7. The lowest BCUT2D eigenvalue weighted by Crippen LogP contribution is -2.55. The second-order valence-corrected chi connectivity index (χ2v) is 9.46. The van der Waals surface area contributed by atoms with Gasteiger partial charge in [0.25, 0.3) is 6.01 Å². The first-order valence-electron chi connectivity index (χ1n) is 12.6. The number of aryl methyl sites for hydroxylation is 1. The van der Waals surface area contributed by atoms with Gasteiger partial charge in [0.2, 0.25) is 5.91 Å². The fourth-order valence-corrected chi connectivity index (χ4v) is 4.71. The van der Waals surface area contributed by atoms with Crippen molar-refractivity contribution in [2.24, 2.45) is 0 Å². The van der Waals surface area contributed by atoms with Crippen molar-refractivity contribution in [3.05, 3.63) is 83.4 Å². The smallest absolute Gasteiger partial charge is 0.343 e. The number of amides is 1. The molecular weight excluding hydrogens is 502 g/mol. The van der Waals surface area contributed by atoms with Crippen LogP contribution in [-0.4, -0.2) is 57.6 Å². The quantitative estimate of drug-likeness (QED) is 0.228. The fourth-order valence-electron chi connectivity index (χ4n) is 4.71. The number of para-hydroxylation sites is 1. The van der Waals surface area contributed by atoms with E-state index in [1.807, 2.05) is 31.2 Å². The highest BCUT2D eigenvalue weighted by molar-refractivity contribution is 5.89. The molecule has 1 saturated heterocycles. The van der Waals surface area contributed by atoms with Crippen LogP contribution in [0.25, 0.3) is 11.1 Å². The van der Waals surface area contributed by atoms with E-state index in [1.165, 1.54) is 36.3 Å². The minimum atomic E-state index is -2.62. The van der Waals surface area contributed by atoms with E-state index in [2.05, 4.69) is 15.0 Å². The van der Waals surface area contributed by atoms with Crippen molar-refractivity contribution in [3.63, 3.8) is 0 Å². The number of benzene rings is 3. The summed E-state index contributed by atoms with van der Waals surface area (Å²) in [6.07, 6.45) is 0.991. The Balaban J connectivity index is 1.26. The molecule has 202 valence electrons. The van der Waals surface area contributed by atoms with E-state index < -0.39 is 18.0 Å². The van der Waals surface area contributed by atoms with Crippen LogP contribution in [0.3, 0.4) is 0 Å². The maximum Gasteiger partial charge on any atom is 0.343 e. The van der Waals surface area contributed by atoms with Crippen molar-refractivity contribution in [2.75, 3.05) is 19.0 Å². The lowest BCUT2D eigenvalue weighted by Gasteiger charge is -2.34. The van der Waals surface area contributed by atoms with Gasteiger partial charge < -0.3 is 34.3 Å². The minimum absolute atomic E-state index is 0.0393. The van der Waals surface area contributed by atoms with Gasteiger partial charge in [0.15, 0.2) is 5.58 Å². The Hall–Kier alpha value is -4.41.